The van der Waals surface area contributed by atoms with Crippen LogP contribution in [-0.2, 0) is 17.6 Å². The first kappa shape index (κ1) is 15.6. The summed E-state index contributed by atoms with van der Waals surface area (Å²) in [5, 5.41) is 7.65. The maximum absolute atomic E-state index is 12.3. The molecular formula is C19H20N4O2. The van der Waals surface area contributed by atoms with Crippen LogP contribution in [0.2, 0.25) is 0 Å². The number of amides is 1. The fraction of sp³-hybridized carbons (Fsp3) is 0.316. The van der Waals surface area contributed by atoms with Crippen LogP contribution in [0.25, 0.3) is 5.82 Å². The van der Waals surface area contributed by atoms with Crippen molar-refractivity contribution in [2.45, 2.75) is 38.1 Å². The number of aromatic nitrogens is 3. The summed E-state index contributed by atoms with van der Waals surface area (Å²) >= 11 is 0. The number of rotatable bonds is 5. The lowest BCUT2D eigenvalue weighted by Crippen LogP contribution is -2.31. The summed E-state index contributed by atoms with van der Waals surface area (Å²) < 4.78 is 7.17. The van der Waals surface area contributed by atoms with Crippen LogP contribution in [0.5, 0.6) is 0 Å². The minimum Gasteiger partial charge on any atom is -0.469 e. The molecule has 0 unspecified atom stereocenters. The normalized spacial score (nSPS) is 16.4. The predicted molar refractivity (Wildman–Crippen MR) is 92.2 cm³/mol. The van der Waals surface area contributed by atoms with Crippen molar-refractivity contribution < 1.29 is 9.21 Å². The van der Waals surface area contributed by atoms with Gasteiger partial charge >= 0.3 is 0 Å². The number of fused-ring (bicyclic) bond motifs is 1. The van der Waals surface area contributed by atoms with Crippen molar-refractivity contribution in [1.29, 1.82) is 0 Å². The van der Waals surface area contributed by atoms with Crippen molar-refractivity contribution in [3.63, 3.8) is 0 Å². The number of nitrogens with zero attached hydrogens (tertiary/aromatic N) is 3. The van der Waals surface area contributed by atoms with Crippen molar-refractivity contribution in [2.24, 2.45) is 0 Å². The highest BCUT2D eigenvalue weighted by atomic mass is 16.3. The summed E-state index contributed by atoms with van der Waals surface area (Å²) in [6.07, 6.45) is 9.21. The number of pyridine rings is 1. The summed E-state index contributed by atoms with van der Waals surface area (Å²) in [7, 11) is 0. The largest absolute Gasteiger partial charge is 0.469 e. The van der Waals surface area contributed by atoms with E-state index in [1.807, 2.05) is 41.2 Å². The molecule has 1 aliphatic rings. The van der Waals surface area contributed by atoms with Gasteiger partial charge in [0.25, 0.3) is 0 Å². The lowest BCUT2D eigenvalue weighted by atomic mass is 9.92. The van der Waals surface area contributed by atoms with E-state index < -0.39 is 0 Å². The average molecular weight is 336 g/mol. The van der Waals surface area contributed by atoms with Crippen molar-refractivity contribution in [1.82, 2.24) is 20.1 Å². The molecule has 25 heavy (non-hydrogen) atoms. The predicted octanol–water partition coefficient (Wildman–Crippen LogP) is 2.99. The van der Waals surface area contributed by atoms with Crippen molar-refractivity contribution in [3.8, 4) is 5.82 Å². The molecule has 1 atom stereocenters. The molecule has 3 aromatic heterocycles. The zero-order chi connectivity index (χ0) is 17.1. The van der Waals surface area contributed by atoms with E-state index in [-0.39, 0.29) is 11.9 Å². The number of hydrogen-bond acceptors (Lipinski definition) is 4. The Balaban J connectivity index is 1.47. The van der Waals surface area contributed by atoms with Crippen LogP contribution in [0.1, 0.15) is 42.3 Å². The maximum atomic E-state index is 12.3. The Labute approximate surface area is 145 Å². The molecular weight excluding hydrogens is 316 g/mol. The van der Waals surface area contributed by atoms with Gasteiger partial charge in [0.2, 0.25) is 5.91 Å². The fourth-order valence-corrected chi connectivity index (χ4v) is 3.34. The van der Waals surface area contributed by atoms with Gasteiger partial charge in [-0.3, -0.25) is 4.79 Å². The number of nitrogens with one attached hydrogen (secondary N) is 1. The number of furan rings is 1. The van der Waals surface area contributed by atoms with Gasteiger partial charge in [-0.05, 0) is 43.5 Å². The van der Waals surface area contributed by atoms with Gasteiger partial charge in [0, 0.05) is 24.6 Å². The summed E-state index contributed by atoms with van der Waals surface area (Å²) in [5.41, 5.74) is 2.24. The minimum absolute atomic E-state index is 0.0188. The highest BCUT2D eigenvalue weighted by molar-refractivity contribution is 5.76. The minimum atomic E-state index is 0.0188. The van der Waals surface area contributed by atoms with Crippen LogP contribution in [0, 0.1) is 0 Å². The highest BCUT2D eigenvalue weighted by Gasteiger charge is 2.26. The molecule has 1 aliphatic carbocycles. The third-order valence-corrected chi connectivity index (χ3v) is 4.56. The first-order valence-corrected chi connectivity index (χ1v) is 8.61. The van der Waals surface area contributed by atoms with Gasteiger partial charge in [-0.15, -0.1) is 0 Å². The molecule has 0 aromatic carbocycles. The molecule has 0 aliphatic heterocycles. The Bertz CT molecular complexity index is 840. The second-order valence-electron chi connectivity index (χ2n) is 6.24. The molecule has 1 amide bonds. The topological polar surface area (TPSA) is 73.0 Å². The Hall–Kier alpha value is -2.89. The Morgan fingerprint density at radius 1 is 1.32 bits per heavy atom. The molecule has 4 rings (SSSR count). The second-order valence-corrected chi connectivity index (χ2v) is 6.24. The lowest BCUT2D eigenvalue weighted by Gasteiger charge is -2.24. The van der Waals surface area contributed by atoms with Crippen LogP contribution < -0.4 is 5.32 Å². The molecule has 0 radical (unpaired) electrons. The van der Waals surface area contributed by atoms with Crippen molar-refractivity contribution in [2.75, 3.05) is 0 Å². The zero-order valence-electron chi connectivity index (χ0n) is 13.9. The Kier molecular flexibility index (Phi) is 4.33. The molecule has 0 spiro atoms. The summed E-state index contributed by atoms with van der Waals surface area (Å²) in [6, 6.07) is 9.54. The molecule has 1 N–H and O–H groups in total. The number of hydrogen-bond donors (Lipinski definition) is 1. The van der Waals surface area contributed by atoms with Gasteiger partial charge in [0.1, 0.15) is 5.76 Å². The summed E-state index contributed by atoms with van der Waals surface area (Å²) in [5.74, 6) is 1.69. The van der Waals surface area contributed by atoms with Crippen LogP contribution in [-0.4, -0.2) is 20.7 Å². The van der Waals surface area contributed by atoms with E-state index in [2.05, 4.69) is 15.4 Å². The standard InChI is InChI=1S/C19H20N4O2/c24-19(10-9-14-5-4-12-25-14)22-16-6-3-7-17-15(16)13-21-23(17)18-8-1-2-11-20-18/h1-2,4-5,8,11-13,16H,3,6-7,9-10H2,(H,22,24)/t16-/m1/s1. The van der Waals surface area contributed by atoms with Gasteiger partial charge in [-0.2, -0.15) is 5.10 Å². The summed E-state index contributed by atoms with van der Waals surface area (Å²) in [6.45, 7) is 0. The second kappa shape index (κ2) is 6.93. The Morgan fingerprint density at radius 2 is 2.28 bits per heavy atom. The monoisotopic (exact) mass is 336 g/mol. The van der Waals surface area contributed by atoms with E-state index in [0.29, 0.717) is 12.8 Å². The van der Waals surface area contributed by atoms with E-state index in [9.17, 15) is 4.79 Å². The van der Waals surface area contributed by atoms with Gasteiger partial charge < -0.3 is 9.73 Å². The molecule has 0 saturated heterocycles. The zero-order valence-corrected chi connectivity index (χ0v) is 13.9. The first-order valence-electron chi connectivity index (χ1n) is 8.61. The molecule has 6 heteroatoms. The van der Waals surface area contributed by atoms with Crippen LogP contribution >= 0.6 is 0 Å². The smallest absolute Gasteiger partial charge is 0.220 e. The van der Waals surface area contributed by atoms with E-state index in [4.69, 9.17) is 4.42 Å². The molecule has 0 fully saturated rings. The number of aryl methyl sites for hydroxylation is 1. The van der Waals surface area contributed by atoms with Gasteiger partial charge in [-0.1, -0.05) is 6.07 Å². The van der Waals surface area contributed by atoms with E-state index >= 15 is 0 Å². The van der Waals surface area contributed by atoms with E-state index in [1.165, 1.54) is 0 Å². The van der Waals surface area contributed by atoms with Crippen molar-refractivity contribution >= 4 is 5.91 Å². The van der Waals surface area contributed by atoms with Crippen LogP contribution in [0.3, 0.4) is 0 Å². The molecule has 0 bridgehead atoms. The fourth-order valence-electron chi connectivity index (χ4n) is 3.34. The number of carbonyl (C=O) groups excluding carboxylic acids is 1. The average Bonchev–Trinajstić information content (AvgIpc) is 3.31. The third kappa shape index (κ3) is 3.33. The quantitative estimate of drug-likeness (QED) is 0.777. The third-order valence-electron chi connectivity index (χ3n) is 4.56. The van der Waals surface area contributed by atoms with Crippen LogP contribution in [0.4, 0.5) is 0 Å². The molecule has 0 saturated carbocycles. The molecule has 128 valence electrons. The summed E-state index contributed by atoms with van der Waals surface area (Å²) in [4.78, 5) is 16.7. The lowest BCUT2D eigenvalue weighted by molar-refractivity contribution is -0.122. The van der Waals surface area contributed by atoms with Gasteiger partial charge in [0.05, 0.1) is 24.2 Å². The van der Waals surface area contributed by atoms with Gasteiger partial charge in [-0.25, -0.2) is 9.67 Å². The van der Waals surface area contributed by atoms with Crippen molar-refractivity contribution in [3.05, 3.63) is 66.0 Å². The molecule has 3 aromatic rings. The Morgan fingerprint density at radius 3 is 3.08 bits per heavy atom. The van der Waals surface area contributed by atoms with E-state index in [0.717, 1.165) is 42.1 Å². The number of carbonyl (C=O) groups is 1. The molecule has 3 heterocycles. The highest BCUT2D eigenvalue weighted by Crippen LogP contribution is 2.30. The van der Waals surface area contributed by atoms with Crippen LogP contribution in [0.15, 0.2) is 53.4 Å². The first-order chi connectivity index (χ1) is 12.3. The SMILES string of the molecule is O=C(CCc1ccco1)N[C@@H]1CCCc2c1cnn2-c1ccccn1. The maximum Gasteiger partial charge on any atom is 0.220 e. The van der Waals surface area contributed by atoms with E-state index in [1.54, 1.807) is 12.5 Å². The molecule has 6 nitrogen and oxygen atoms in total. The van der Waals surface area contributed by atoms with Gasteiger partial charge in [0.15, 0.2) is 5.82 Å².